The van der Waals surface area contributed by atoms with Gasteiger partial charge in [0.1, 0.15) is 34.6 Å². The fourth-order valence-electron chi connectivity index (χ4n) is 13.9. The highest BCUT2D eigenvalue weighted by Crippen LogP contribution is 2.45. The number of hydrogen-bond donors (Lipinski definition) is 3. The van der Waals surface area contributed by atoms with E-state index < -0.39 is 5.97 Å². The minimum atomic E-state index is -1.28. The van der Waals surface area contributed by atoms with E-state index in [-0.39, 0.29) is 11.6 Å². The summed E-state index contributed by atoms with van der Waals surface area (Å²) < 4.78 is 37.8. The predicted octanol–water partition coefficient (Wildman–Crippen LogP) is 26.6. The number of fused-ring (bicyclic) bond motifs is 8. The average Bonchev–Trinajstić information content (AvgIpc) is 1.57. The van der Waals surface area contributed by atoms with Crippen LogP contribution in [0.3, 0.4) is 0 Å². The van der Waals surface area contributed by atoms with Crippen molar-refractivity contribution in [2.75, 3.05) is 26.4 Å². The smallest absolute Gasteiger partial charge is 0.346 e. The highest BCUT2D eigenvalue weighted by atomic mass is 16.5. The van der Waals surface area contributed by atoms with E-state index in [1.807, 2.05) is 85.0 Å². The van der Waals surface area contributed by atoms with Crippen LogP contribution in [-0.4, -0.2) is 57.4 Å². The van der Waals surface area contributed by atoms with Crippen molar-refractivity contribution in [3.63, 3.8) is 0 Å². The summed E-state index contributed by atoms with van der Waals surface area (Å²) in [6.07, 6.45) is 58.4. The molecule has 0 saturated heterocycles. The van der Waals surface area contributed by atoms with E-state index in [0.29, 0.717) is 99.9 Å². The third-order valence-corrected chi connectivity index (χ3v) is 19.9. The van der Waals surface area contributed by atoms with E-state index in [9.17, 15) is 16.5 Å². The van der Waals surface area contributed by atoms with Crippen LogP contribution < -0.4 is 18.9 Å². The van der Waals surface area contributed by atoms with E-state index >= 15 is 0 Å². The quantitative estimate of drug-likeness (QED) is 0.0146. The van der Waals surface area contributed by atoms with Gasteiger partial charge in [0.2, 0.25) is 0 Å². The van der Waals surface area contributed by atoms with Crippen molar-refractivity contribution in [1.82, 2.24) is 19.9 Å². The van der Waals surface area contributed by atoms with Gasteiger partial charge in [-0.15, -0.1) is 0 Å². The second kappa shape index (κ2) is 47.9. The van der Waals surface area contributed by atoms with Crippen LogP contribution in [0.4, 0.5) is 0 Å². The largest absolute Gasteiger partial charge is 0.493 e. The number of nitriles is 1. The number of carboxylic acids is 1. The van der Waals surface area contributed by atoms with Crippen LogP contribution in [0.5, 0.6) is 23.0 Å². The maximum absolute atomic E-state index is 11.8. The lowest BCUT2D eigenvalue weighted by molar-refractivity contribution is -0.132. The van der Waals surface area contributed by atoms with Gasteiger partial charge in [0, 0.05) is 33.2 Å². The molecule has 2 aliphatic rings. The van der Waals surface area contributed by atoms with Crippen LogP contribution in [0.15, 0.2) is 96.5 Å². The van der Waals surface area contributed by atoms with Crippen LogP contribution in [0.25, 0.3) is 74.7 Å². The number of hydrogen-bond acceptors (Lipinski definition) is 8. The van der Waals surface area contributed by atoms with Crippen LogP contribution in [-0.2, 0) is 4.79 Å². The lowest BCUT2D eigenvalue weighted by atomic mass is 10.0. The molecule has 11 nitrogen and oxygen atoms in total. The number of unbranched alkanes of at least 4 members (excludes halogenated alkanes) is 36. The standard InChI is InChI=1S/C92H123N5O6/c1-5-9-13-17-21-25-29-33-37-41-65-100-84-47-45-48-85(101-66-42-38-34-30-26-22-18-14-10-6-2)90(84)88-80-59-56-75(94-80)70-76-57-60-81(95-76)89(83-64-62-79(97-83)77(78-61-63-82(88)96-78)58-55-72-51-53-73(54-52-72)69-74(71-93)92(98)99)91-86(102-67-43-39-35-31-27-23-19-15-11-7-3)49-46-50-87(91)103-68-44-40-36-32-28-24-20-16-12-8-4/h45-54,56-57,59-64,69-70,94,97H,5-44,65-68H2,1-4H3,(H,98,99)/b74-69-,75-70?,76-70?,78-77?,79-77?,88-80?,88-82?,89-81?,89-83?/i70D. The number of aromatic amines is 2. The molecule has 2 aliphatic heterocycles. The molecule has 8 bridgehead atoms. The van der Waals surface area contributed by atoms with Gasteiger partial charge in [-0.2, -0.15) is 5.26 Å². The van der Waals surface area contributed by atoms with Gasteiger partial charge in [-0.1, -0.05) is 295 Å². The summed E-state index contributed by atoms with van der Waals surface area (Å²) in [6.45, 7) is 11.3. The number of ether oxygens (including phenoxy) is 4. The zero-order valence-electron chi connectivity index (χ0n) is 64.4. The van der Waals surface area contributed by atoms with Crippen molar-refractivity contribution in [3.05, 3.63) is 136 Å². The number of carboxylic acid groups (broad SMARTS) is 1. The minimum Gasteiger partial charge on any atom is -0.493 e. The third kappa shape index (κ3) is 27.7. The highest BCUT2D eigenvalue weighted by Gasteiger charge is 2.24. The first-order valence-corrected chi connectivity index (χ1v) is 40.6. The van der Waals surface area contributed by atoms with Crippen molar-refractivity contribution in [2.45, 2.75) is 285 Å². The van der Waals surface area contributed by atoms with Gasteiger partial charge in [-0.25, -0.2) is 14.8 Å². The molecule has 0 aliphatic carbocycles. The topological polar surface area (TPSA) is 155 Å². The molecule has 6 aromatic rings. The Morgan fingerprint density at radius 1 is 0.417 bits per heavy atom. The summed E-state index contributed by atoms with van der Waals surface area (Å²) in [5, 5.41) is 19.2. The fraction of sp³-hybridized carbons (Fsp3) is 0.522. The second-order valence-corrected chi connectivity index (χ2v) is 28.5. The number of carbonyl (C=O) groups is 1. The number of H-pyrrole nitrogens is 2. The lowest BCUT2D eigenvalue weighted by Gasteiger charge is -2.18. The van der Waals surface area contributed by atoms with Gasteiger partial charge in [-0.3, -0.25) is 0 Å². The van der Waals surface area contributed by atoms with Gasteiger partial charge >= 0.3 is 5.97 Å². The monoisotopic (exact) mass is 1390 g/mol. The maximum atomic E-state index is 11.8. The van der Waals surface area contributed by atoms with Gasteiger partial charge in [0.15, 0.2) is 0 Å². The Balaban J connectivity index is 1.25. The van der Waals surface area contributed by atoms with Crippen molar-refractivity contribution in [2.24, 2.45) is 0 Å². The van der Waals surface area contributed by atoms with E-state index in [2.05, 4.69) is 61.6 Å². The zero-order chi connectivity index (χ0) is 73.0. The Labute approximate surface area is 620 Å². The SMILES string of the molecule is [2H]c1c2nc(c(-c3c(OCCCCCCCCCCCC)cccc3OCCCCCCCCCCCC)c3ccc([nH]3)c(C#Cc3ccc(/C=C(/C#N)C(=O)O)cc3)c3nc(c(-c4c(OCCCCCCCCCCCC)cccc4OCCCCCCCCCCCC)c4ccc1[nH]4)C=C3)C=C2. The molecule has 0 spiro atoms. The zero-order valence-corrected chi connectivity index (χ0v) is 63.4. The fourth-order valence-corrected chi connectivity index (χ4v) is 13.9. The molecule has 3 aromatic heterocycles. The molecular weight excluding hydrogens is 1270 g/mol. The van der Waals surface area contributed by atoms with Gasteiger partial charge in [0.05, 0.1) is 72.8 Å². The predicted molar refractivity (Wildman–Crippen MR) is 433 cm³/mol. The molecule has 0 atom stereocenters. The molecule has 0 amide bonds. The minimum absolute atomic E-state index is 0.241. The molecule has 0 saturated carbocycles. The second-order valence-electron chi connectivity index (χ2n) is 28.5. The van der Waals surface area contributed by atoms with Gasteiger partial charge in [0.25, 0.3) is 0 Å². The molecular formula is C92H123N5O6. The summed E-state index contributed by atoms with van der Waals surface area (Å²) in [4.78, 5) is 30.4. The van der Waals surface area contributed by atoms with Crippen LogP contribution >= 0.6 is 0 Å². The number of aliphatic carboxylic acids is 1. The van der Waals surface area contributed by atoms with Crippen LogP contribution in [0.1, 0.15) is 325 Å². The third-order valence-electron chi connectivity index (χ3n) is 19.9. The van der Waals surface area contributed by atoms with Crippen molar-refractivity contribution < 1.29 is 30.2 Å². The normalized spacial score (nSPS) is 12.0. The Bertz CT molecular complexity index is 3750. The molecule has 11 heteroatoms. The summed E-state index contributed by atoms with van der Waals surface area (Å²) in [7, 11) is 0. The average molecular weight is 1400 g/mol. The van der Waals surface area contributed by atoms with Crippen LogP contribution in [0.2, 0.25) is 0 Å². The van der Waals surface area contributed by atoms with Gasteiger partial charge < -0.3 is 34.0 Å². The number of aromatic nitrogens is 4. The van der Waals surface area contributed by atoms with Gasteiger partial charge in [-0.05, 0) is 128 Å². The molecule has 5 heterocycles. The number of benzene rings is 3. The first-order chi connectivity index (χ1) is 51.2. The van der Waals surface area contributed by atoms with E-state index in [1.165, 1.54) is 212 Å². The maximum Gasteiger partial charge on any atom is 0.346 e. The van der Waals surface area contributed by atoms with Crippen molar-refractivity contribution in [3.8, 4) is 63.2 Å². The molecule has 103 heavy (non-hydrogen) atoms. The first kappa shape index (κ1) is 78.8. The van der Waals surface area contributed by atoms with E-state index in [1.54, 1.807) is 18.2 Å². The Kier molecular flexibility index (Phi) is 36.7. The summed E-state index contributed by atoms with van der Waals surface area (Å²) in [5.74, 6) is 8.55. The molecule has 3 N–H and O–H groups in total. The molecule has 0 radical (unpaired) electrons. The van der Waals surface area contributed by atoms with E-state index in [0.717, 1.165) is 84.7 Å². The molecule has 0 fully saturated rings. The Morgan fingerprint density at radius 3 is 1.18 bits per heavy atom. The van der Waals surface area contributed by atoms with E-state index in [4.69, 9.17) is 28.9 Å². The molecule has 552 valence electrons. The first-order valence-electron chi connectivity index (χ1n) is 41.1. The Morgan fingerprint density at radius 2 is 0.777 bits per heavy atom. The number of rotatable bonds is 52. The lowest BCUT2D eigenvalue weighted by Crippen LogP contribution is -2.04. The highest BCUT2D eigenvalue weighted by molar-refractivity contribution is 5.99. The summed E-state index contributed by atoms with van der Waals surface area (Å²) >= 11 is 0. The summed E-state index contributed by atoms with van der Waals surface area (Å²) in [5.41, 5.74) is 9.88. The molecule has 8 rings (SSSR count). The van der Waals surface area contributed by atoms with Crippen LogP contribution in [0, 0.1) is 23.2 Å². The van der Waals surface area contributed by atoms with Crippen molar-refractivity contribution in [1.29, 1.82) is 5.26 Å². The molecule has 3 aromatic carbocycles. The summed E-state index contributed by atoms with van der Waals surface area (Å²) in [6, 6.07) is 29.6. The molecule has 0 unspecified atom stereocenters. The number of nitrogens with one attached hydrogen (secondary N) is 2. The number of nitrogens with zero attached hydrogens (tertiary/aromatic N) is 3. The Hall–Kier alpha value is -8.28. The van der Waals surface area contributed by atoms with Crippen molar-refractivity contribution >= 4 is 58.4 Å².